The second kappa shape index (κ2) is 7.40. The van der Waals surface area contributed by atoms with Gasteiger partial charge >= 0.3 is 6.03 Å². The summed E-state index contributed by atoms with van der Waals surface area (Å²) in [6.45, 7) is 0.529. The largest absolute Gasteiger partial charge is 0.396 e. The molecule has 0 unspecified atom stereocenters. The lowest BCUT2D eigenvalue weighted by atomic mass is 9.90. The molecule has 1 aliphatic carbocycles. The maximum Gasteiger partial charge on any atom is 0.321 e. The second-order valence-electron chi connectivity index (χ2n) is 4.74. The van der Waals surface area contributed by atoms with E-state index in [4.69, 9.17) is 5.11 Å². The summed E-state index contributed by atoms with van der Waals surface area (Å²) in [6.07, 6.45) is 6.74. The van der Waals surface area contributed by atoms with Crippen LogP contribution in [0.2, 0.25) is 0 Å². The number of rotatable bonds is 5. The van der Waals surface area contributed by atoms with Gasteiger partial charge in [-0.2, -0.15) is 0 Å². The van der Waals surface area contributed by atoms with Crippen molar-refractivity contribution < 1.29 is 9.90 Å². The first-order valence-electron chi connectivity index (χ1n) is 6.78. The van der Waals surface area contributed by atoms with Crippen molar-refractivity contribution in [3.63, 3.8) is 0 Å². The molecule has 1 aromatic rings. The lowest BCUT2D eigenvalue weighted by molar-refractivity contribution is 0.249. The quantitative estimate of drug-likeness (QED) is 0.722. The summed E-state index contributed by atoms with van der Waals surface area (Å²) in [5.41, 5.74) is 0. The first-order valence-corrected chi connectivity index (χ1v) is 7.60. The summed E-state index contributed by atoms with van der Waals surface area (Å²) >= 11 is 1.46. The predicted octanol–water partition coefficient (Wildman–Crippen LogP) is 2.09. The maximum absolute atomic E-state index is 11.5. The molecule has 0 bridgehead atoms. The monoisotopic (exact) mass is 284 g/mol. The van der Waals surface area contributed by atoms with Crippen LogP contribution in [0.3, 0.4) is 0 Å². The van der Waals surface area contributed by atoms with Crippen LogP contribution in [0, 0.1) is 0 Å². The Bertz CT molecular complexity index is 404. The van der Waals surface area contributed by atoms with Gasteiger partial charge in [-0.15, -0.1) is 10.2 Å². The van der Waals surface area contributed by atoms with E-state index in [9.17, 15) is 4.79 Å². The van der Waals surface area contributed by atoms with E-state index >= 15 is 0 Å². The lowest BCUT2D eigenvalue weighted by Gasteiger charge is -2.18. The van der Waals surface area contributed by atoms with Crippen LogP contribution in [0.4, 0.5) is 9.93 Å². The second-order valence-corrected chi connectivity index (χ2v) is 5.75. The van der Waals surface area contributed by atoms with Crippen molar-refractivity contribution in [2.24, 2.45) is 0 Å². The number of carbonyl (C=O) groups excluding carboxylic acids is 1. The lowest BCUT2D eigenvalue weighted by Crippen LogP contribution is -2.29. The number of urea groups is 1. The molecule has 6 nitrogen and oxygen atoms in total. The first-order chi connectivity index (χ1) is 9.29. The van der Waals surface area contributed by atoms with Gasteiger partial charge in [-0.1, -0.05) is 30.6 Å². The van der Waals surface area contributed by atoms with Gasteiger partial charge < -0.3 is 10.4 Å². The van der Waals surface area contributed by atoms with Gasteiger partial charge in [0.25, 0.3) is 0 Å². The third kappa shape index (κ3) is 4.43. The summed E-state index contributed by atoms with van der Waals surface area (Å²) in [5.74, 6) is 0.513. The number of hydrogen-bond donors (Lipinski definition) is 3. The van der Waals surface area contributed by atoms with Gasteiger partial charge in [0, 0.05) is 19.1 Å². The molecule has 1 aliphatic rings. The van der Waals surface area contributed by atoms with Crippen molar-refractivity contribution in [1.82, 2.24) is 15.5 Å². The van der Waals surface area contributed by atoms with Gasteiger partial charge in [0.15, 0.2) is 0 Å². The van der Waals surface area contributed by atoms with Gasteiger partial charge in [-0.3, -0.25) is 5.32 Å². The van der Waals surface area contributed by atoms with Crippen LogP contribution in [0.1, 0.15) is 49.5 Å². The van der Waals surface area contributed by atoms with E-state index < -0.39 is 0 Å². The molecule has 2 rings (SSSR count). The van der Waals surface area contributed by atoms with Crippen LogP contribution in [0.15, 0.2) is 0 Å². The third-order valence-corrected chi connectivity index (χ3v) is 4.24. The summed E-state index contributed by atoms with van der Waals surface area (Å²) in [4.78, 5) is 11.5. The molecule has 1 aromatic heterocycles. The zero-order valence-electron chi connectivity index (χ0n) is 10.9. The Hall–Kier alpha value is -1.21. The van der Waals surface area contributed by atoms with Crippen molar-refractivity contribution in [2.45, 2.75) is 44.4 Å². The van der Waals surface area contributed by atoms with Gasteiger partial charge in [-0.05, 0) is 19.3 Å². The Morgan fingerprint density at radius 3 is 2.84 bits per heavy atom. The molecule has 1 heterocycles. The fourth-order valence-electron chi connectivity index (χ4n) is 2.22. The summed E-state index contributed by atoms with van der Waals surface area (Å²) < 4.78 is 0. The highest BCUT2D eigenvalue weighted by molar-refractivity contribution is 7.15. The minimum Gasteiger partial charge on any atom is -0.396 e. The van der Waals surface area contributed by atoms with E-state index in [0.29, 0.717) is 24.0 Å². The standard InChI is InChI=1S/C12H20N4O2S/c17-8-4-7-13-11(18)14-12-16-15-10(19-12)9-5-2-1-3-6-9/h9,17H,1-8H2,(H2,13,14,16,18). The van der Waals surface area contributed by atoms with Crippen molar-refractivity contribution in [3.8, 4) is 0 Å². The van der Waals surface area contributed by atoms with Crippen molar-refractivity contribution in [3.05, 3.63) is 5.01 Å². The fraction of sp³-hybridized carbons (Fsp3) is 0.750. The highest BCUT2D eigenvalue weighted by Crippen LogP contribution is 2.34. The van der Waals surface area contributed by atoms with Crippen LogP contribution >= 0.6 is 11.3 Å². The van der Waals surface area contributed by atoms with Gasteiger partial charge in [0.2, 0.25) is 5.13 Å². The number of nitrogens with one attached hydrogen (secondary N) is 2. The smallest absolute Gasteiger partial charge is 0.321 e. The Balaban J connectivity index is 1.81. The van der Waals surface area contributed by atoms with E-state index in [1.807, 2.05) is 0 Å². The summed E-state index contributed by atoms with van der Waals surface area (Å²) in [6, 6.07) is -0.292. The fourth-order valence-corrected chi connectivity index (χ4v) is 3.13. The van der Waals surface area contributed by atoms with E-state index in [2.05, 4.69) is 20.8 Å². The molecular formula is C12H20N4O2S. The average molecular weight is 284 g/mol. The molecular weight excluding hydrogens is 264 g/mol. The molecule has 1 saturated carbocycles. The molecule has 7 heteroatoms. The van der Waals surface area contributed by atoms with Crippen LogP contribution in [-0.4, -0.2) is 34.5 Å². The molecule has 0 spiro atoms. The van der Waals surface area contributed by atoms with E-state index in [-0.39, 0.29) is 12.6 Å². The van der Waals surface area contributed by atoms with Crippen LogP contribution in [0.25, 0.3) is 0 Å². The SMILES string of the molecule is O=C(NCCCO)Nc1nnc(C2CCCCC2)s1. The third-order valence-electron chi connectivity index (χ3n) is 3.24. The Kier molecular flexibility index (Phi) is 5.53. The molecule has 0 radical (unpaired) electrons. The van der Waals surface area contributed by atoms with Crippen LogP contribution in [-0.2, 0) is 0 Å². The van der Waals surface area contributed by atoms with E-state index in [0.717, 1.165) is 5.01 Å². The van der Waals surface area contributed by atoms with Gasteiger partial charge in [-0.25, -0.2) is 4.79 Å². The minimum atomic E-state index is -0.292. The number of nitrogens with zero attached hydrogens (tertiary/aromatic N) is 2. The number of anilines is 1. The average Bonchev–Trinajstić information content (AvgIpc) is 2.88. The van der Waals surface area contributed by atoms with Gasteiger partial charge in [0.05, 0.1) is 0 Å². The van der Waals surface area contributed by atoms with Crippen molar-refractivity contribution in [2.75, 3.05) is 18.5 Å². The Morgan fingerprint density at radius 1 is 1.32 bits per heavy atom. The molecule has 106 valence electrons. The number of hydrogen-bond acceptors (Lipinski definition) is 5. The summed E-state index contributed by atoms with van der Waals surface area (Å²) in [7, 11) is 0. The van der Waals surface area contributed by atoms with Gasteiger partial charge in [0.1, 0.15) is 5.01 Å². The minimum absolute atomic E-state index is 0.0743. The molecule has 19 heavy (non-hydrogen) atoms. The molecule has 3 N–H and O–H groups in total. The molecule has 2 amide bonds. The van der Waals surface area contributed by atoms with E-state index in [1.165, 1.54) is 43.4 Å². The number of aliphatic hydroxyl groups excluding tert-OH is 1. The topological polar surface area (TPSA) is 87.1 Å². The highest BCUT2D eigenvalue weighted by atomic mass is 32.1. The maximum atomic E-state index is 11.5. The Morgan fingerprint density at radius 2 is 2.11 bits per heavy atom. The summed E-state index contributed by atoms with van der Waals surface area (Å²) in [5, 5.41) is 23.7. The predicted molar refractivity (Wildman–Crippen MR) is 74.5 cm³/mol. The van der Waals surface area contributed by atoms with Crippen LogP contribution in [0.5, 0.6) is 0 Å². The zero-order chi connectivity index (χ0) is 13.5. The normalized spacial score (nSPS) is 16.3. The number of carbonyl (C=O) groups is 1. The molecule has 0 saturated heterocycles. The number of amides is 2. The highest BCUT2D eigenvalue weighted by Gasteiger charge is 2.20. The molecule has 1 fully saturated rings. The first kappa shape index (κ1) is 14.2. The molecule has 0 aliphatic heterocycles. The van der Waals surface area contributed by atoms with Crippen molar-refractivity contribution >= 4 is 22.5 Å². The molecule has 0 atom stereocenters. The number of aromatic nitrogens is 2. The van der Waals surface area contributed by atoms with Crippen molar-refractivity contribution in [1.29, 1.82) is 0 Å². The Labute approximate surface area is 116 Å². The van der Waals surface area contributed by atoms with E-state index in [1.54, 1.807) is 0 Å². The molecule has 0 aromatic carbocycles. The van der Waals surface area contributed by atoms with Crippen LogP contribution < -0.4 is 10.6 Å². The number of aliphatic hydroxyl groups is 1. The zero-order valence-corrected chi connectivity index (χ0v) is 11.7.